The summed E-state index contributed by atoms with van der Waals surface area (Å²) in [5.41, 5.74) is 1.66. The largest absolute Gasteiger partial charge is 0.491 e. The molecule has 5 nitrogen and oxygen atoms in total. The summed E-state index contributed by atoms with van der Waals surface area (Å²) < 4.78 is 7.41. The number of ether oxygens (including phenoxy) is 1. The zero-order chi connectivity index (χ0) is 17.1. The molecule has 0 saturated heterocycles. The molecule has 0 amide bonds. The van der Waals surface area contributed by atoms with Crippen molar-refractivity contribution in [2.24, 2.45) is 0 Å². The van der Waals surface area contributed by atoms with Crippen LogP contribution in [0.15, 0.2) is 48.5 Å². The van der Waals surface area contributed by atoms with E-state index in [9.17, 15) is 10.2 Å². The molecule has 3 rings (SSSR count). The first-order valence-corrected chi connectivity index (χ1v) is 8.12. The number of para-hydroxylation sites is 2. The number of benzene rings is 2. The number of rotatable bonds is 6. The standard InChI is InChI=1S/C18H19ClN2O3/c1-12(22)18-20-16-4-2-3-5-17(16)21(18)10-14(23)11-24-15-8-6-13(19)7-9-15/h2-9,12,14,22-23H,10-11H2,1H3/t12-,14+/m0/s1. The van der Waals surface area contributed by atoms with Gasteiger partial charge in [0.05, 0.1) is 17.6 Å². The topological polar surface area (TPSA) is 67.5 Å². The van der Waals surface area contributed by atoms with Gasteiger partial charge in [-0.2, -0.15) is 0 Å². The van der Waals surface area contributed by atoms with E-state index in [1.165, 1.54) is 0 Å². The molecule has 1 aromatic heterocycles. The quantitative estimate of drug-likeness (QED) is 0.719. The van der Waals surface area contributed by atoms with Crippen molar-refractivity contribution >= 4 is 22.6 Å². The fraction of sp³-hybridized carbons (Fsp3) is 0.278. The van der Waals surface area contributed by atoms with Crippen LogP contribution in [0.4, 0.5) is 0 Å². The molecule has 0 saturated carbocycles. The Morgan fingerprint density at radius 3 is 2.54 bits per heavy atom. The molecular formula is C18H19ClN2O3. The van der Waals surface area contributed by atoms with E-state index in [1.807, 2.05) is 28.8 Å². The molecule has 1 heterocycles. The fourth-order valence-electron chi connectivity index (χ4n) is 2.59. The van der Waals surface area contributed by atoms with Gasteiger partial charge in [0, 0.05) is 5.02 Å². The minimum absolute atomic E-state index is 0.132. The number of nitrogens with zero attached hydrogens (tertiary/aromatic N) is 2. The predicted octanol–water partition coefficient (Wildman–Crippen LogP) is 3.18. The molecule has 126 valence electrons. The van der Waals surface area contributed by atoms with Gasteiger partial charge in [0.2, 0.25) is 0 Å². The van der Waals surface area contributed by atoms with Crippen molar-refractivity contribution in [3.05, 3.63) is 59.4 Å². The lowest BCUT2D eigenvalue weighted by Crippen LogP contribution is -2.25. The highest BCUT2D eigenvalue weighted by molar-refractivity contribution is 6.30. The SMILES string of the molecule is C[C@H](O)c1nc2ccccc2n1C[C@@H](O)COc1ccc(Cl)cc1. The molecule has 2 atom stereocenters. The van der Waals surface area contributed by atoms with Crippen molar-refractivity contribution in [2.75, 3.05) is 6.61 Å². The van der Waals surface area contributed by atoms with Crippen molar-refractivity contribution in [1.29, 1.82) is 0 Å². The van der Waals surface area contributed by atoms with Gasteiger partial charge in [0.15, 0.2) is 0 Å². The van der Waals surface area contributed by atoms with E-state index in [2.05, 4.69) is 4.98 Å². The van der Waals surface area contributed by atoms with Crippen LogP contribution in [0.1, 0.15) is 18.9 Å². The second-order valence-corrected chi connectivity index (χ2v) is 6.10. The molecule has 0 bridgehead atoms. The van der Waals surface area contributed by atoms with Crippen molar-refractivity contribution in [2.45, 2.75) is 25.7 Å². The number of imidazole rings is 1. The van der Waals surface area contributed by atoms with Crippen LogP contribution in [0, 0.1) is 0 Å². The van der Waals surface area contributed by atoms with Crippen LogP contribution >= 0.6 is 11.6 Å². The third-order valence-electron chi connectivity index (χ3n) is 3.71. The highest BCUT2D eigenvalue weighted by Crippen LogP contribution is 2.21. The molecule has 0 spiro atoms. The summed E-state index contributed by atoms with van der Waals surface area (Å²) in [5, 5.41) is 20.9. The Kier molecular flexibility index (Phi) is 5.04. The van der Waals surface area contributed by atoms with E-state index in [4.69, 9.17) is 16.3 Å². The van der Waals surface area contributed by atoms with E-state index in [1.54, 1.807) is 31.2 Å². The molecule has 0 fully saturated rings. The Morgan fingerprint density at radius 2 is 1.83 bits per heavy atom. The van der Waals surface area contributed by atoms with Crippen LogP contribution in [0.5, 0.6) is 5.75 Å². The summed E-state index contributed by atoms with van der Waals surface area (Å²) in [5.74, 6) is 1.17. The van der Waals surface area contributed by atoms with E-state index in [0.717, 1.165) is 11.0 Å². The molecule has 6 heteroatoms. The van der Waals surface area contributed by atoms with E-state index in [0.29, 0.717) is 16.6 Å². The lowest BCUT2D eigenvalue weighted by molar-refractivity contribution is 0.0895. The smallest absolute Gasteiger partial charge is 0.138 e. The van der Waals surface area contributed by atoms with Crippen molar-refractivity contribution in [3.63, 3.8) is 0 Å². The molecule has 0 aliphatic heterocycles. The number of hydrogen-bond donors (Lipinski definition) is 2. The van der Waals surface area contributed by atoms with Crippen LogP contribution in [0.3, 0.4) is 0 Å². The van der Waals surface area contributed by atoms with Gasteiger partial charge in [0.1, 0.15) is 30.4 Å². The fourth-order valence-corrected chi connectivity index (χ4v) is 2.72. The van der Waals surface area contributed by atoms with Crippen LogP contribution in [-0.4, -0.2) is 32.5 Å². The van der Waals surface area contributed by atoms with Crippen molar-refractivity contribution in [3.8, 4) is 5.75 Å². The molecule has 2 aromatic carbocycles. The normalized spacial score (nSPS) is 13.8. The van der Waals surface area contributed by atoms with Gasteiger partial charge in [-0.3, -0.25) is 0 Å². The van der Waals surface area contributed by atoms with Crippen molar-refractivity contribution < 1.29 is 14.9 Å². The Hall–Kier alpha value is -2.08. The zero-order valence-corrected chi connectivity index (χ0v) is 14.0. The Morgan fingerprint density at radius 1 is 1.12 bits per heavy atom. The third kappa shape index (κ3) is 3.70. The molecule has 2 N–H and O–H groups in total. The summed E-state index contributed by atoms with van der Waals surface area (Å²) in [4.78, 5) is 4.44. The summed E-state index contributed by atoms with van der Waals surface area (Å²) in [6, 6.07) is 14.6. The molecule has 0 aliphatic carbocycles. The summed E-state index contributed by atoms with van der Waals surface area (Å²) in [6.45, 7) is 2.08. The van der Waals surface area contributed by atoms with E-state index < -0.39 is 12.2 Å². The molecule has 24 heavy (non-hydrogen) atoms. The number of aromatic nitrogens is 2. The number of aliphatic hydroxyl groups excluding tert-OH is 2. The highest BCUT2D eigenvalue weighted by Gasteiger charge is 2.17. The maximum Gasteiger partial charge on any atom is 0.138 e. The van der Waals surface area contributed by atoms with Gasteiger partial charge in [-0.05, 0) is 43.3 Å². The second-order valence-electron chi connectivity index (χ2n) is 5.66. The second kappa shape index (κ2) is 7.21. The summed E-state index contributed by atoms with van der Waals surface area (Å²) >= 11 is 5.83. The Labute approximate surface area is 145 Å². The highest BCUT2D eigenvalue weighted by atomic mass is 35.5. The first-order chi connectivity index (χ1) is 11.5. The van der Waals surface area contributed by atoms with E-state index in [-0.39, 0.29) is 13.2 Å². The molecule has 0 unspecified atom stereocenters. The lowest BCUT2D eigenvalue weighted by atomic mass is 10.3. The number of fused-ring (bicyclic) bond motifs is 1. The minimum Gasteiger partial charge on any atom is -0.491 e. The van der Waals surface area contributed by atoms with Crippen LogP contribution in [0.2, 0.25) is 5.02 Å². The first-order valence-electron chi connectivity index (χ1n) is 7.74. The average Bonchev–Trinajstić information content (AvgIpc) is 2.93. The molecule has 0 radical (unpaired) electrons. The third-order valence-corrected chi connectivity index (χ3v) is 3.96. The predicted molar refractivity (Wildman–Crippen MR) is 93.3 cm³/mol. The zero-order valence-electron chi connectivity index (χ0n) is 13.3. The average molecular weight is 347 g/mol. The van der Waals surface area contributed by atoms with Gasteiger partial charge in [-0.15, -0.1) is 0 Å². The maximum absolute atomic E-state index is 10.3. The number of aliphatic hydroxyl groups is 2. The van der Waals surface area contributed by atoms with Crippen LogP contribution in [0.25, 0.3) is 11.0 Å². The molecular weight excluding hydrogens is 328 g/mol. The van der Waals surface area contributed by atoms with Gasteiger partial charge in [0.25, 0.3) is 0 Å². The lowest BCUT2D eigenvalue weighted by Gasteiger charge is -2.16. The number of halogens is 1. The summed E-state index contributed by atoms with van der Waals surface area (Å²) in [6.07, 6.45) is -1.46. The number of hydrogen-bond acceptors (Lipinski definition) is 4. The van der Waals surface area contributed by atoms with Gasteiger partial charge >= 0.3 is 0 Å². The minimum atomic E-state index is -0.740. The van der Waals surface area contributed by atoms with E-state index >= 15 is 0 Å². The molecule has 0 aliphatic rings. The van der Waals surface area contributed by atoms with Crippen LogP contribution < -0.4 is 4.74 Å². The maximum atomic E-state index is 10.3. The first kappa shape index (κ1) is 16.8. The monoisotopic (exact) mass is 346 g/mol. The Bertz CT molecular complexity index is 815. The molecule has 3 aromatic rings. The Balaban J connectivity index is 1.73. The van der Waals surface area contributed by atoms with Crippen molar-refractivity contribution in [1.82, 2.24) is 9.55 Å². The van der Waals surface area contributed by atoms with Gasteiger partial charge in [-0.25, -0.2) is 4.98 Å². The summed E-state index contributed by atoms with van der Waals surface area (Å²) in [7, 11) is 0. The van der Waals surface area contributed by atoms with Gasteiger partial charge in [-0.1, -0.05) is 23.7 Å². The van der Waals surface area contributed by atoms with Crippen LogP contribution in [-0.2, 0) is 6.54 Å². The van der Waals surface area contributed by atoms with Gasteiger partial charge < -0.3 is 19.5 Å².